The number of ether oxygens (including phenoxy) is 2. The van der Waals surface area contributed by atoms with Crippen molar-refractivity contribution < 1.29 is 28.3 Å². The second-order valence-electron chi connectivity index (χ2n) is 7.24. The molecule has 0 spiro atoms. The molecule has 0 saturated carbocycles. The number of fused-ring (bicyclic) bond motifs is 1. The number of amides is 1. The zero-order valence-electron chi connectivity index (χ0n) is 18.2. The first-order valence-electron chi connectivity index (χ1n) is 10.1. The Bertz CT molecular complexity index is 1460. The Hall–Kier alpha value is -4.79. The maximum Gasteiger partial charge on any atom is 0.347 e. The summed E-state index contributed by atoms with van der Waals surface area (Å²) in [6, 6.07) is 17.4. The lowest BCUT2D eigenvalue weighted by atomic mass is 10.1. The summed E-state index contributed by atoms with van der Waals surface area (Å²) in [7, 11) is 0. The molecule has 0 fully saturated rings. The lowest BCUT2D eigenvalue weighted by Crippen LogP contribution is -2.13. The van der Waals surface area contributed by atoms with Gasteiger partial charge in [-0.05, 0) is 42.5 Å². The minimum absolute atomic E-state index is 0.0484. The minimum Gasteiger partial charge on any atom is -0.427 e. The van der Waals surface area contributed by atoms with Crippen LogP contribution in [0.3, 0.4) is 0 Å². The van der Waals surface area contributed by atoms with Crippen molar-refractivity contribution in [2.24, 2.45) is 0 Å². The monoisotopic (exact) mass is 458 g/mol. The fraction of sp³-hybridized carbons (Fsp3) is 0.0800. The number of benzene rings is 3. The lowest BCUT2D eigenvalue weighted by Gasteiger charge is -2.10. The van der Waals surface area contributed by atoms with Gasteiger partial charge in [0.2, 0.25) is 5.89 Å². The van der Waals surface area contributed by atoms with Crippen molar-refractivity contribution in [2.75, 3.05) is 5.32 Å². The molecule has 1 aromatic heterocycles. The molecule has 1 N–H and O–H groups in total. The van der Waals surface area contributed by atoms with Gasteiger partial charge in [0.05, 0.1) is 10.9 Å². The molecular formula is C25H18N2O7. The van der Waals surface area contributed by atoms with E-state index in [1.54, 1.807) is 48.5 Å². The van der Waals surface area contributed by atoms with Crippen LogP contribution in [-0.2, 0) is 9.59 Å². The topological polar surface area (TPSA) is 125 Å². The number of nitrogens with zero attached hydrogens (tertiary/aromatic N) is 1. The number of esters is 2. The third kappa shape index (κ3) is 5.16. The molecule has 170 valence electrons. The molecule has 0 aliphatic rings. The number of carbonyl (C=O) groups excluding carboxylic acids is 3. The summed E-state index contributed by atoms with van der Waals surface area (Å²) in [6.45, 7) is 2.42. The van der Waals surface area contributed by atoms with Crippen LogP contribution in [0, 0.1) is 0 Å². The van der Waals surface area contributed by atoms with Crippen LogP contribution in [0.2, 0.25) is 0 Å². The highest BCUT2D eigenvalue weighted by atomic mass is 16.5. The molecule has 0 aliphatic carbocycles. The maximum atomic E-state index is 12.9. The Morgan fingerprint density at radius 2 is 1.53 bits per heavy atom. The van der Waals surface area contributed by atoms with Crippen molar-refractivity contribution in [3.8, 4) is 23.0 Å². The van der Waals surface area contributed by atoms with E-state index in [0.29, 0.717) is 22.2 Å². The van der Waals surface area contributed by atoms with Crippen molar-refractivity contribution in [3.05, 3.63) is 82.7 Å². The third-order valence-electron chi connectivity index (χ3n) is 4.57. The van der Waals surface area contributed by atoms with E-state index in [2.05, 4.69) is 10.3 Å². The Kier molecular flexibility index (Phi) is 6.18. The van der Waals surface area contributed by atoms with E-state index in [4.69, 9.17) is 13.9 Å². The zero-order chi connectivity index (χ0) is 24.2. The molecule has 3 aromatic carbocycles. The van der Waals surface area contributed by atoms with Gasteiger partial charge >= 0.3 is 17.6 Å². The first-order chi connectivity index (χ1) is 16.3. The quantitative estimate of drug-likeness (QED) is 0.352. The summed E-state index contributed by atoms with van der Waals surface area (Å²) in [6.07, 6.45) is 0. The van der Waals surface area contributed by atoms with Gasteiger partial charge in [-0.25, -0.2) is 9.78 Å². The van der Waals surface area contributed by atoms with Crippen LogP contribution < -0.4 is 20.4 Å². The predicted octanol–water partition coefficient (Wildman–Crippen LogP) is 3.96. The number of rotatable bonds is 5. The van der Waals surface area contributed by atoms with E-state index >= 15 is 0 Å². The van der Waals surface area contributed by atoms with E-state index in [0.717, 1.165) is 0 Å². The molecule has 0 saturated heterocycles. The molecular weight excluding hydrogens is 440 g/mol. The lowest BCUT2D eigenvalue weighted by molar-refractivity contribution is -0.132. The number of nitrogens with one attached hydrogen (secondary N) is 1. The summed E-state index contributed by atoms with van der Waals surface area (Å²) < 4.78 is 15.4. The largest absolute Gasteiger partial charge is 0.427 e. The van der Waals surface area contributed by atoms with Crippen LogP contribution in [0.25, 0.3) is 22.4 Å². The standard InChI is InChI=1S/C25H18N2O7/c1-14(28)32-19-11-17(12-20(13-19)33-15(2)29)23(30)26-18-7-5-6-16(10-18)24-27-22-9-4-3-8-21(22)25(31)34-24/h3-13H,1-2H3,(H,26,30). The smallest absolute Gasteiger partial charge is 0.347 e. The van der Waals surface area contributed by atoms with Crippen LogP contribution >= 0.6 is 0 Å². The van der Waals surface area contributed by atoms with E-state index in [9.17, 15) is 19.2 Å². The average molecular weight is 458 g/mol. The zero-order valence-corrected chi connectivity index (χ0v) is 18.2. The molecule has 34 heavy (non-hydrogen) atoms. The van der Waals surface area contributed by atoms with Crippen LogP contribution in [0.1, 0.15) is 24.2 Å². The van der Waals surface area contributed by atoms with Crippen molar-refractivity contribution in [2.45, 2.75) is 13.8 Å². The highest BCUT2D eigenvalue weighted by Gasteiger charge is 2.14. The fourth-order valence-electron chi connectivity index (χ4n) is 3.23. The predicted molar refractivity (Wildman–Crippen MR) is 123 cm³/mol. The van der Waals surface area contributed by atoms with Gasteiger partial charge in [-0.2, -0.15) is 0 Å². The van der Waals surface area contributed by atoms with Gasteiger partial charge < -0.3 is 19.2 Å². The summed E-state index contributed by atoms with van der Waals surface area (Å²) >= 11 is 0. The molecule has 9 heteroatoms. The molecule has 0 aliphatic heterocycles. The molecule has 0 radical (unpaired) electrons. The highest BCUT2D eigenvalue weighted by molar-refractivity contribution is 6.05. The van der Waals surface area contributed by atoms with Gasteiger partial charge in [-0.15, -0.1) is 0 Å². The Morgan fingerprint density at radius 3 is 2.21 bits per heavy atom. The van der Waals surface area contributed by atoms with E-state index < -0.39 is 23.5 Å². The van der Waals surface area contributed by atoms with Crippen molar-refractivity contribution in [3.63, 3.8) is 0 Å². The maximum absolute atomic E-state index is 12.9. The number of carbonyl (C=O) groups is 3. The molecule has 4 rings (SSSR count). The Labute approximate surface area is 192 Å². The van der Waals surface area contributed by atoms with Gasteiger partial charge in [0.25, 0.3) is 5.91 Å². The first kappa shape index (κ1) is 22.4. The SMILES string of the molecule is CC(=O)Oc1cc(OC(C)=O)cc(C(=O)Nc2cccc(-c3nc4ccccc4c(=O)o3)c2)c1. The van der Waals surface area contributed by atoms with E-state index in [1.807, 2.05) is 0 Å². The third-order valence-corrected chi connectivity index (χ3v) is 4.57. The summed E-state index contributed by atoms with van der Waals surface area (Å²) in [4.78, 5) is 52.2. The van der Waals surface area contributed by atoms with Gasteiger partial charge in [-0.3, -0.25) is 14.4 Å². The number of para-hydroxylation sites is 1. The molecule has 1 heterocycles. The van der Waals surface area contributed by atoms with E-state index in [1.165, 1.54) is 32.0 Å². The summed E-state index contributed by atoms with van der Waals surface area (Å²) in [5.74, 6) is -1.53. The van der Waals surface area contributed by atoms with Crippen LogP contribution in [-0.4, -0.2) is 22.8 Å². The minimum atomic E-state index is -0.594. The van der Waals surface area contributed by atoms with Gasteiger partial charge in [-0.1, -0.05) is 18.2 Å². The molecule has 1 amide bonds. The number of hydrogen-bond donors (Lipinski definition) is 1. The average Bonchev–Trinajstić information content (AvgIpc) is 2.78. The summed E-state index contributed by atoms with van der Waals surface area (Å²) in [5, 5.41) is 3.08. The molecule has 0 unspecified atom stereocenters. The van der Waals surface area contributed by atoms with Crippen molar-refractivity contribution in [1.82, 2.24) is 4.98 Å². The van der Waals surface area contributed by atoms with Crippen LogP contribution in [0.5, 0.6) is 11.5 Å². The van der Waals surface area contributed by atoms with Crippen LogP contribution in [0.15, 0.2) is 75.9 Å². The Balaban J connectivity index is 1.63. The second-order valence-corrected chi connectivity index (χ2v) is 7.24. The number of anilines is 1. The summed E-state index contributed by atoms with van der Waals surface area (Å²) in [5.41, 5.74) is 0.941. The molecule has 0 bridgehead atoms. The molecule has 0 atom stereocenters. The van der Waals surface area contributed by atoms with Crippen molar-refractivity contribution >= 4 is 34.4 Å². The number of aromatic nitrogens is 1. The van der Waals surface area contributed by atoms with Crippen LogP contribution in [0.4, 0.5) is 5.69 Å². The van der Waals surface area contributed by atoms with Crippen molar-refractivity contribution in [1.29, 1.82) is 0 Å². The second kappa shape index (κ2) is 9.37. The number of hydrogen-bond acceptors (Lipinski definition) is 8. The molecule has 9 nitrogen and oxygen atoms in total. The van der Waals surface area contributed by atoms with E-state index in [-0.39, 0.29) is 23.0 Å². The Morgan fingerprint density at radius 1 is 0.853 bits per heavy atom. The van der Waals surface area contributed by atoms with Gasteiger partial charge in [0.1, 0.15) is 11.5 Å². The normalized spacial score (nSPS) is 10.5. The highest BCUT2D eigenvalue weighted by Crippen LogP contribution is 2.26. The first-order valence-corrected chi connectivity index (χ1v) is 10.1. The fourth-order valence-corrected chi connectivity index (χ4v) is 3.23. The van der Waals surface area contributed by atoms with Gasteiger partial charge in [0, 0.05) is 36.7 Å². The molecule has 4 aromatic rings. The van der Waals surface area contributed by atoms with Gasteiger partial charge in [0.15, 0.2) is 0 Å².